The van der Waals surface area contributed by atoms with E-state index in [9.17, 15) is 9.59 Å². The topological polar surface area (TPSA) is 58.2 Å². The maximum absolute atomic E-state index is 11.7. The Bertz CT molecular complexity index is 621. The Morgan fingerprint density at radius 3 is 2.55 bits per heavy atom. The van der Waals surface area contributed by atoms with Gasteiger partial charge < -0.3 is 10.6 Å². The van der Waals surface area contributed by atoms with Gasteiger partial charge in [-0.05, 0) is 48.6 Å². The number of carbonyl (C=O) groups excluding carboxylic acids is 2. The van der Waals surface area contributed by atoms with Crippen molar-refractivity contribution in [1.82, 2.24) is 5.32 Å². The van der Waals surface area contributed by atoms with Crippen LogP contribution in [0.2, 0.25) is 0 Å². The SMILES string of the molecule is Cc1ccc(NC(=O)C(=O)NCc2cccs2)cc1C. The molecule has 0 atom stereocenters. The zero-order valence-electron chi connectivity index (χ0n) is 11.4. The van der Waals surface area contributed by atoms with Crippen LogP contribution in [0.1, 0.15) is 16.0 Å². The van der Waals surface area contributed by atoms with Crippen molar-refractivity contribution in [3.63, 3.8) is 0 Å². The van der Waals surface area contributed by atoms with Gasteiger partial charge in [0.25, 0.3) is 0 Å². The number of benzene rings is 1. The summed E-state index contributed by atoms with van der Waals surface area (Å²) in [4.78, 5) is 24.4. The third kappa shape index (κ3) is 3.68. The Kier molecular flexibility index (Phi) is 4.53. The molecule has 2 aromatic rings. The van der Waals surface area contributed by atoms with Crippen molar-refractivity contribution in [2.24, 2.45) is 0 Å². The van der Waals surface area contributed by atoms with E-state index >= 15 is 0 Å². The van der Waals surface area contributed by atoms with E-state index in [0.717, 1.165) is 16.0 Å². The summed E-state index contributed by atoms with van der Waals surface area (Å²) in [5.41, 5.74) is 2.84. The highest BCUT2D eigenvalue weighted by molar-refractivity contribution is 7.09. The number of hydrogen-bond donors (Lipinski definition) is 2. The number of aryl methyl sites for hydroxylation is 2. The van der Waals surface area contributed by atoms with Crippen LogP contribution in [0.3, 0.4) is 0 Å². The highest BCUT2D eigenvalue weighted by Gasteiger charge is 2.13. The molecule has 1 aromatic heterocycles. The van der Waals surface area contributed by atoms with Crippen LogP contribution in [0.4, 0.5) is 5.69 Å². The molecule has 0 saturated heterocycles. The van der Waals surface area contributed by atoms with Gasteiger partial charge in [0, 0.05) is 10.6 Å². The molecule has 20 heavy (non-hydrogen) atoms. The minimum atomic E-state index is -0.648. The Hall–Kier alpha value is -2.14. The van der Waals surface area contributed by atoms with Crippen LogP contribution in [-0.2, 0) is 16.1 Å². The lowest BCUT2D eigenvalue weighted by molar-refractivity contribution is -0.136. The molecule has 2 amide bonds. The van der Waals surface area contributed by atoms with E-state index in [1.54, 1.807) is 6.07 Å². The van der Waals surface area contributed by atoms with Gasteiger partial charge in [0.2, 0.25) is 0 Å². The molecule has 2 rings (SSSR count). The number of rotatable bonds is 3. The second-order valence-electron chi connectivity index (χ2n) is 4.52. The first kappa shape index (κ1) is 14.3. The van der Waals surface area contributed by atoms with E-state index in [2.05, 4.69) is 10.6 Å². The summed E-state index contributed by atoms with van der Waals surface area (Å²) in [6.45, 7) is 4.33. The van der Waals surface area contributed by atoms with Crippen molar-refractivity contribution in [3.8, 4) is 0 Å². The van der Waals surface area contributed by atoms with Crippen LogP contribution >= 0.6 is 11.3 Å². The van der Waals surface area contributed by atoms with Gasteiger partial charge in [-0.15, -0.1) is 11.3 Å². The summed E-state index contributed by atoms with van der Waals surface area (Å²) in [5.74, 6) is -1.28. The van der Waals surface area contributed by atoms with Crippen molar-refractivity contribution in [3.05, 3.63) is 51.7 Å². The highest BCUT2D eigenvalue weighted by Crippen LogP contribution is 2.14. The number of carbonyl (C=O) groups is 2. The van der Waals surface area contributed by atoms with Crippen LogP contribution in [-0.4, -0.2) is 11.8 Å². The predicted molar refractivity (Wildman–Crippen MR) is 80.7 cm³/mol. The maximum atomic E-state index is 11.7. The first-order valence-corrected chi connectivity index (χ1v) is 7.13. The van der Waals surface area contributed by atoms with Gasteiger partial charge in [-0.25, -0.2) is 0 Å². The van der Waals surface area contributed by atoms with Crippen LogP contribution in [0.15, 0.2) is 35.7 Å². The van der Waals surface area contributed by atoms with Gasteiger partial charge >= 0.3 is 11.8 Å². The van der Waals surface area contributed by atoms with E-state index < -0.39 is 11.8 Å². The molecule has 0 aliphatic carbocycles. The Labute approximate surface area is 121 Å². The minimum absolute atomic E-state index is 0.372. The molecule has 0 fully saturated rings. The molecule has 0 bridgehead atoms. The van der Waals surface area contributed by atoms with Gasteiger partial charge in [-0.3, -0.25) is 9.59 Å². The lowest BCUT2D eigenvalue weighted by Gasteiger charge is -2.07. The maximum Gasteiger partial charge on any atom is 0.313 e. The van der Waals surface area contributed by atoms with Gasteiger partial charge in [0.05, 0.1) is 6.54 Å². The van der Waals surface area contributed by atoms with Crippen molar-refractivity contribution < 1.29 is 9.59 Å². The Morgan fingerprint density at radius 2 is 1.90 bits per heavy atom. The molecule has 0 spiro atoms. The molecule has 4 nitrogen and oxygen atoms in total. The number of anilines is 1. The largest absolute Gasteiger partial charge is 0.343 e. The lowest BCUT2D eigenvalue weighted by atomic mass is 10.1. The molecule has 104 valence electrons. The fraction of sp³-hybridized carbons (Fsp3) is 0.200. The van der Waals surface area contributed by atoms with E-state index in [1.807, 2.05) is 43.5 Å². The molecule has 1 heterocycles. The van der Waals surface area contributed by atoms with Crippen LogP contribution in [0.5, 0.6) is 0 Å². The number of hydrogen-bond acceptors (Lipinski definition) is 3. The quantitative estimate of drug-likeness (QED) is 0.853. The molecule has 0 saturated carbocycles. The second-order valence-corrected chi connectivity index (χ2v) is 5.55. The van der Waals surface area contributed by atoms with Crippen LogP contribution in [0, 0.1) is 13.8 Å². The third-order valence-electron chi connectivity index (χ3n) is 2.97. The lowest BCUT2D eigenvalue weighted by Crippen LogP contribution is -2.34. The summed E-state index contributed by atoms with van der Waals surface area (Å²) in [7, 11) is 0. The van der Waals surface area contributed by atoms with E-state index in [1.165, 1.54) is 11.3 Å². The summed E-state index contributed by atoms with van der Waals surface area (Å²) >= 11 is 1.54. The van der Waals surface area contributed by atoms with E-state index in [-0.39, 0.29) is 0 Å². The van der Waals surface area contributed by atoms with Gasteiger partial charge in [-0.2, -0.15) is 0 Å². The highest BCUT2D eigenvalue weighted by atomic mass is 32.1. The second kappa shape index (κ2) is 6.34. The Morgan fingerprint density at radius 1 is 1.10 bits per heavy atom. The Balaban J connectivity index is 1.90. The van der Waals surface area contributed by atoms with Crippen LogP contribution in [0.25, 0.3) is 0 Å². The van der Waals surface area contributed by atoms with Crippen molar-refractivity contribution in [1.29, 1.82) is 0 Å². The summed E-state index contributed by atoms with van der Waals surface area (Å²) in [6.07, 6.45) is 0. The van der Waals surface area contributed by atoms with Crippen molar-refractivity contribution in [2.45, 2.75) is 20.4 Å². The van der Waals surface area contributed by atoms with Crippen molar-refractivity contribution >= 4 is 28.8 Å². The fourth-order valence-corrected chi connectivity index (χ4v) is 2.31. The molecular formula is C15H16N2O2S. The first-order valence-electron chi connectivity index (χ1n) is 6.25. The average molecular weight is 288 g/mol. The van der Waals surface area contributed by atoms with E-state index in [4.69, 9.17) is 0 Å². The molecular weight excluding hydrogens is 272 g/mol. The predicted octanol–water partition coefficient (Wildman–Crippen LogP) is 2.62. The van der Waals surface area contributed by atoms with Crippen molar-refractivity contribution in [2.75, 3.05) is 5.32 Å². The fourth-order valence-electron chi connectivity index (χ4n) is 1.67. The molecule has 0 aliphatic rings. The third-order valence-corrected chi connectivity index (χ3v) is 3.85. The minimum Gasteiger partial charge on any atom is -0.343 e. The molecule has 0 aliphatic heterocycles. The monoisotopic (exact) mass is 288 g/mol. The number of thiophene rings is 1. The summed E-state index contributed by atoms with van der Waals surface area (Å²) in [6, 6.07) is 9.36. The zero-order chi connectivity index (χ0) is 14.5. The molecule has 0 radical (unpaired) electrons. The van der Waals surface area contributed by atoms with Gasteiger partial charge in [-0.1, -0.05) is 12.1 Å². The van der Waals surface area contributed by atoms with Crippen LogP contribution < -0.4 is 10.6 Å². The van der Waals surface area contributed by atoms with E-state index in [0.29, 0.717) is 12.2 Å². The normalized spacial score (nSPS) is 10.1. The first-order chi connectivity index (χ1) is 9.56. The average Bonchev–Trinajstić information content (AvgIpc) is 2.93. The molecule has 1 aromatic carbocycles. The number of amides is 2. The smallest absolute Gasteiger partial charge is 0.313 e. The molecule has 2 N–H and O–H groups in total. The zero-order valence-corrected chi connectivity index (χ0v) is 12.2. The molecule has 5 heteroatoms. The van der Waals surface area contributed by atoms with Gasteiger partial charge in [0.1, 0.15) is 0 Å². The molecule has 0 unspecified atom stereocenters. The van der Waals surface area contributed by atoms with Gasteiger partial charge in [0.15, 0.2) is 0 Å². The standard InChI is InChI=1S/C15H16N2O2S/c1-10-5-6-12(8-11(10)2)17-15(19)14(18)16-9-13-4-3-7-20-13/h3-8H,9H2,1-2H3,(H,16,18)(H,17,19). The number of nitrogens with one attached hydrogen (secondary N) is 2. The summed E-state index contributed by atoms with van der Waals surface area (Å²) < 4.78 is 0. The summed E-state index contributed by atoms with van der Waals surface area (Å²) in [5, 5.41) is 7.11.